The second kappa shape index (κ2) is 4.34. The number of fused-ring (bicyclic) bond motifs is 2. The zero-order valence-corrected chi connectivity index (χ0v) is 10.5. The molecule has 0 aliphatic rings. The summed E-state index contributed by atoms with van der Waals surface area (Å²) >= 11 is 0. The van der Waals surface area contributed by atoms with Gasteiger partial charge in [-0.2, -0.15) is 0 Å². The first-order valence-electron chi connectivity index (χ1n) is 5.84. The van der Waals surface area contributed by atoms with E-state index in [4.69, 9.17) is 9.84 Å². The van der Waals surface area contributed by atoms with Gasteiger partial charge in [0.2, 0.25) is 0 Å². The first-order valence-corrected chi connectivity index (χ1v) is 5.84. The lowest BCUT2D eigenvalue weighted by molar-refractivity contribution is 0.0696. The van der Waals surface area contributed by atoms with Gasteiger partial charge in [-0.25, -0.2) is 9.78 Å². The van der Waals surface area contributed by atoms with Gasteiger partial charge in [0, 0.05) is 6.20 Å². The minimum absolute atomic E-state index is 0.0101. The number of aromatic nitrogens is 2. The number of benzene rings is 1. The summed E-state index contributed by atoms with van der Waals surface area (Å²) in [6.45, 7) is 0. The third-order valence-electron chi connectivity index (χ3n) is 3.06. The summed E-state index contributed by atoms with van der Waals surface area (Å²) in [5.41, 5.74) is 0.496. The lowest BCUT2D eigenvalue weighted by Gasteiger charge is -2.08. The number of ether oxygens (including phenoxy) is 1. The van der Waals surface area contributed by atoms with Crippen LogP contribution in [-0.2, 0) is 0 Å². The topological polar surface area (TPSA) is 80.9 Å². The molecule has 1 N–H and O–H groups in total. The number of pyridine rings is 1. The smallest absolute Gasteiger partial charge is 0.335 e. The van der Waals surface area contributed by atoms with E-state index in [1.165, 1.54) is 23.6 Å². The zero-order chi connectivity index (χ0) is 14.3. The highest BCUT2D eigenvalue weighted by Gasteiger charge is 2.14. The molecule has 0 fully saturated rings. The summed E-state index contributed by atoms with van der Waals surface area (Å²) in [5, 5.41) is 9.30. The van der Waals surface area contributed by atoms with Crippen molar-refractivity contribution >= 4 is 22.5 Å². The predicted octanol–water partition coefficient (Wildman–Crippen LogP) is 1.55. The fraction of sp³-hybridized carbons (Fsp3) is 0.0714. The molecule has 0 saturated heterocycles. The molecule has 3 aromatic rings. The Morgan fingerprint density at radius 1 is 1.35 bits per heavy atom. The van der Waals surface area contributed by atoms with Crippen LogP contribution in [0.25, 0.3) is 16.6 Å². The Labute approximate surface area is 112 Å². The Morgan fingerprint density at radius 3 is 2.85 bits per heavy atom. The van der Waals surface area contributed by atoms with E-state index in [1.54, 1.807) is 24.4 Å². The average molecular weight is 270 g/mol. The number of hydrogen-bond donors (Lipinski definition) is 1. The number of nitrogens with zero attached hydrogens (tertiary/aromatic N) is 2. The third-order valence-corrected chi connectivity index (χ3v) is 3.06. The highest BCUT2D eigenvalue weighted by atomic mass is 16.5. The number of aromatic carboxylic acids is 1. The summed E-state index contributed by atoms with van der Waals surface area (Å²) < 4.78 is 6.52. The van der Waals surface area contributed by atoms with Crippen molar-refractivity contribution in [1.29, 1.82) is 0 Å². The lowest BCUT2D eigenvalue weighted by Crippen LogP contribution is -2.16. The van der Waals surface area contributed by atoms with Gasteiger partial charge in [-0.1, -0.05) is 6.07 Å². The molecule has 0 unspecified atom stereocenters. The Bertz CT molecular complexity index is 899. The molecule has 0 spiro atoms. The van der Waals surface area contributed by atoms with E-state index in [9.17, 15) is 9.59 Å². The fourth-order valence-corrected chi connectivity index (χ4v) is 2.11. The molecular weight excluding hydrogens is 260 g/mol. The maximum atomic E-state index is 12.4. The number of rotatable bonds is 2. The maximum absolute atomic E-state index is 12.4. The van der Waals surface area contributed by atoms with Crippen molar-refractivity contribution in [2.45, 2.75) is 0 Å². The van der Waals surface area contributed by atoms with Gasteiger partial charge in [0.15, 0.2) is 0 Å². The summed E-state index contributed by atoms with van der Waals surface area (Å²) in [6.07, 6.45) is 1.59. The van der Waals surface area contributed by atoms with E-state index in [0.29, 0.717) is 11.2 Å². The number of carbonyl (C=O) groups is 1. The summed E-state index contributed by atoms with van der Waals surface area (Å²) in [5.74, 6) is -0.855. The van der Waals surface area contributed by atoms with Gasteiger partial charge >= 0.3 is 5.97 Å². The first-order chi connectivity index (χ1) is 9.61. The summed E-state index contributed by atoms with van der Waals surface area (Å²) in [4.78, 5) is 27.9. The minimum atomic E-state index is -1.12. The number of hydrogen-bond acceptors (Lipinski definition) is 4. The second-order valence-corrected chi connectivity index (χ2v) is 4.23. The van der Waals surface area contributed by atoms with Crippen LogP contribution in [0.1, 0.15) is 10.4 Å². The second-order valence-electron chi connectivity index (χ2n) is 4.23. The Kier molecular flexibility index (Phi) is 2.64. The SMILES string of the molecule is COc1cc(C(=O)O)cc2c(=O)n3ccccc3nc12. The zero-order valence-electron chi connectivity index (χ0n) is 10.5. The molecule has 6 heteroatoms. The number of carboxylic acid groups (broad SMARTS) is 1. The van der Waals surface area contributed by atoms with Crippen LogP contribution in [0.2, 0.25) is 0 Å². The van der Waals surface area contributed by atoms with Crippen molar-refractivity contribution in [3.8, 4) is 5.75 Å². The van der Waals surface area contributed by atoms with E-state index in [-0.39, 0.29) is 22.3 Å². The van der Waals surface area contributed by atoms with Gasteiger partial charge in [-0.15, -0.1) is 0 Å². The average Bonchev–Trinajstić information content (AvgIpc) is 2.46. The van der Waals surface area contributed by atoms with Crippen LogP contribution < -0.4 is 10.3 Å². The van der Waals surface area contributed by atoms with Crippen LogP contribution in [-0.4, -0.2) is 27.6 Å². The number of carboxylic acids is 1. The van der Waals surface area contributed by atoms with Gasteiger partial charge in [0.25, 0.3) is 5.56 Å². The molecule has 100 valence electrons. The van der Waals surface area contributed by atoms with Crippen LogP contribution in [0.4, 0.5) is 0 Å². The van der Waals surface area contributed by atoms with Crippen LogP contribution in [0.5, 0.6) is 5.75 Å². The molecule has 2 aromatic heterocycles. The fourth-order valence-electron chi connectivity index (χ4n) is 2.11. The van der Waals surface area contributed by atoms with Gasteiger partial charge in [-0.3, -0.25) is 9.20 Å². The van der Waals surface area contributed by atoms with Gasteiger partial charge < -0.3 is 9.84 Å². The molecular formula is C14H10N2O4. The highest BCUT2D eigenvalue weighted by Crippen LogP contribution is 2.24. The van der Waals surface area contributed by atoms with Crippen molar-refractivity contribution in [1.82, 2.24) is 9.38 Å². The van der Waals surface area contributed by atoms with Crippen molar-refractivity contribution in [2.24, 2.45) is 0 Å². The van der Waals surface area contributed by atoms with E-state index >= 15 is 0 Å². The molecule has 0 radical (unpaired) electrons. The van der Waals surface area contributed by atoms with E-state index in [2.05, 4.69) is 4.98 Å². The first kappa shape index (κ1) is 12.2. The Balaban J connectivity index is 2.54. The molecule has 3 rings (SSSR count). The van der Waals surface area contributed by atoms with Crippen molar-refractivity contribution in [2.75, 3.05) is 7.11 Å². The largest absolute Gasteiger partial charge is 0.494 e. The summed E-state index contributed by atoms with van der Waals surface area (Å²) in [7, 11) is 1.41. The molecule has 0 bridgehead atoms. The molecule has 0 atom stereocenters. The Morgan fingerprint density at radius 2 is 2.15 bits per heavy atom. The standard InChI is InChI=1S/C14H10N2O4/c1-20-10-7-8(14(18)19)6-9-12(10)15-11-4-2-3-5-16(11)13(9)17/h2-7H,1H3,(H,18,19). The molecule has 0 aliphatic carbocycles. The van der Waals surface area contributed by atoms with E-state index in [1.807, 2.05) is 0 Å². The van der Waals surface area contributed by atoms with Crippen LogP contribution >= 0.6 is 0 Å². The minimum Gasteiger partial charge on any atom is -0.494 e. The molecule has 0 aliphatic heterocycles. The maximum Gasteiger partial charge on any atom is 0.335 e. The summed E-state index contributed by atoms with van der Waals surface area (Å²) in [6, 6.07) is 7.85. The highest BCUT2D eigenvalue weighted by molar-refractivity contribution is 5.96. The normalized spacial score (nSPS) is 10.8. The van der Waals surface area contributed by atoms with Gasteiger partial charge in [0.1, 0.15) is 16.9 Å². The third kappa shape index (κ3) is 1.70. The van der Waals surface area contributed by atoms with Gasteiger partial charge in [-0.05, 0) is 24.3 Å². The van der Waals surface area contributed by atoms with Crippen LogP contribution in [0, 0.1) is 0 Å². The molecule has 0 amide bonds. The predicted molar refractivity (Wildman–Crippen MR) is 72.5 cm³/mol. The van der Waals surface area contributed by atoms with Crippen LogP contribution in [0.15, 0.2) is 41.3 Å². The van der Waals surface area contributed by atoms with E-state index < -0.39 is 5.97 Å². The van der Waals surface area contributed by atoms with Crippen molar-refractivity contribution in [3.05, 3.63) is 52.4 Å². The molecule has 6 nitrogen and oxygen atoms in total. The molecule has 2 heterocycles. The molecule has 0 saturated carbocycles. The lowest BCUT2D eigenvalue weighted by atomic mass is 10.1. The number of methoxy groups -OCH3 is 1. The van der Waals surface area contributed by atoms with Crippen molar-refractivity contribution < 1.29 is 14.6 Å². The van der Waals surface area contributed by atoms with Crippen LogP contribution in [0.3, 0.4) is 0 Å². The molecule has 1 aromatic carbocycles. The van der Waals surface area contributed by atoms with E-state index in [0.717, 1.165) is 0 Å². The molecule has 20 heavy (non-hydrogen) atoms. The monoisotopic (exact) mass is 270 g/mol. The van der Waals surface area contributed by atoms with Crippen molar-refractivity contribution in [3.63, 3.8) is 0 Å². The Hall–Kier alpha value is -2.89. The van der Waals surface area contributed by atoms with Gasteiger partial charge in [0.05, 0.1) is 18.1 Å². The quantitative estimate of drug-likeness (QED) is 0.714.